The van der Waals surface area contributed by atoms with E-state index in [-0.39, 0.29) is 17.5 Å². The van der Waals surface area contributed by atoms with Crippen molar-refractivity contribution in [3.8, 4) is 0 Å². The van der Waals surface area contributed by atoms with Gasteiger partial charge in [0.25, 0.3) is 0 Å². The summed E-state index contributed by atoms with van der Waals surface area (Å²) in [7, 11) is 0. The third-order valence-corrected chi connectivity index (χ3v) is 10.0. The number of esters is 1. The molecule has 3 saturated carbocycles. The van der Waals surface area contributed by atoms with Gasteiger partial charge in [-0.15, -0.1) is 0 Å². The first-order chi connectivity index (χ1) is 13.8. The maximum absolute atomic E-state index is 11.9. The van der Waals surface area contributed by atoms with E-state index in [4.69, 9.17) is 4.74 Å². The van der Waals surface area contributed by atoms with Crippen molar-refractivity contribution in [2.75, 3.05) is 6.61 Å². The highest BCUT2D eigenvalue weighted by molar-refractivity contribution is 5.69. The molecule has 1 N–H and O–H groups in total. The van der Waals surface area contributed by atoms with E-state index < -0.39 is 0 Å². The van der Waals surface area contributed by atoms with Gasteiger partial charge in [-0.05, 0) is 99.7 Å². The third-order valence-electron chi connectivity index (χ3n) is 10.0. The van der Waals surface area contributed by atoms with Crippen molar-refractivity contribution in [2.24, 2.45) is 40.4 Å². The van der Waals surface area contributed by atoms with Gasteiger partial charge in [0.1, 0.15) is 0 Å². The number of hydrogen-bond donors (Lipinski definition) is 1. The Morgan fingerprint density at radius 3 is 2.79 bits per heavy atom. The summed E-state index contributed by atoms with van der Waals surface area (Å²) >= 11 is 0. The number of rotatable bonds is 5. The Balaban J connectivity index is 1.50. The van der Waals surface area contributed by atoms with Gasteiger partial charge in [0, 0.05) is 11.8 Å². The molecule has 0 unspecified atom stereocenters. The number of aliphatic hydroxyl groups excluding tert-OH is 1. The largest absolute Gasteiger partial charge is 0.466 e. The van der Waals surface area contributed by atoms with Gasteiger partial charge in [0.15, 0.2) is 0 Å². The average molecular weight is 403 g/mol. The van der Waals surface area contributed by atoms with Crippen LogP contribution in [0.25, 0.3) is 0 Å². The van der Waals surface area contributed by atoms with Crippen LogP contribution >= 0.6 is 0 Å². The van der Waals surface area contributed by atoms with Crippen LogP contribution in [0, 0.1) is 40.4 Å². The van der Waals surface area contributed by atoms with E-state index >= 15 is 0 Å². The minimum absolute atomic E-state index is 0.0239. The maximum Gasteiger partial charge on any atom is 0.305 e. The van der Waals surface area contributed by atoms with Crippen molar-refractivity contribution in [3.63, 3.8) is 0 Å². The summed E-state index contributed by atoms with van der Waals surface area (Å²) in [6.07, 6.45) is 13.7. The fourth-order valence-electron chi connectivity index (χ4n) is 8.47. The molecule has 3 fully saturated rings. The summed E-state index contributed by atoms with van der Waals surface area (Å²) in [6.45, 7) is 9.69. The van der Waals surface area contributed by atoms with E-state index in [2.05, 4.69) is 26.8 Å². The van der Waals surface area contributed by atoms with Crippen molar-refractivity contribution >= 4 is 5.97 Å². The number of carbonyl (C=O) groups excluding carboxylic acids is 1. The smallest absolute Gasteiger partial charge is 0.305 e. The minimum atomic E-state index is -0.152. The second kappa shape index (κ2) is 8.02. The summed E-state index contributed by atoms with van der Waals surface area (Å²) in [6, 6.07) is 0. The molecule has 3 heteroatoms. The Hall–Kier alpha value is -0.830. The van der Waals surface area contributed by atoms with Gasteiger partial charge >= 0.3 is 5.97 Å². The van der Waals surface area contributed by atoms with Crippen LogP contribution in [0.15, 0.2) is 11.6 Å². The number of carbonyl (C=O) groups is 1. The van der Waals surface area contributed by atoms with Gasteiger partial charge in [-0.3, -0.25) is 4.79 Å². The normalized spacial score (nSPS) is 44.9. The molecule has 4 aliphatic carbocycles. The standard InChI is InChI=1S/C26H42O3/c1-5-29-24(28)14-9-17(2)20-12-13-21-19-11-10-18-7-6-8-23(27)26(18,4)22(19)15-16-25(20,21)3/h10,17,19-23,27H,5-9,11-16H2,1-4H3/t17-,19-,20-,21+,22-,23-,25-,26+/m1/s1. The van der Waals surface area contributed by atoms with Crippen LogP contribution in [-0.4, -0.2) is 23.8 Å². The number of allylic oxidation sites excluding steroid dienone is 1. The van der Waals surface area contributed by atoms with Crippen LogP contribution in [-0.2, 0) is 9.53 Å². The van der Waals surface area contributed by atoms with Crippen LogP contribution in [0.2, 0.25) is 0 Å². The lowest BCUT2D eigenvalue weighted by Gasteiger charge is -2.59. The van der Waals surface area contributed by atoms with Crippen molar-refractivity contribution in [3.05, 3.63) is 11.6 Å². The first-order valence-electron chi connectivity index (χ1n) is 12.4. The Morgan fingerprint density at radius 2 is 2.03 bits per heavy atom. The highest BCUT2D eigenvalue weighted by Crippen LogP contribution is 2.67. The second-order valence-corrected chi connectivity index (χ2v) is 11.1. The van der Waals surface area contributed by atoms with E-state index in [1.165, 1.54) is 38.5 Å². The molecular formula is C26H42O3. The first kappa shape index (κ1) is 21.4. The van der Waals surface area contributed by atoms with Crippen LogP contribution in [0.3, 0.4) is 0 Å². The molecule has 164 valence electrons. The van der Waals surface area contributed by atoms with Crippen molar-refractivity contribution < 1.29 is 14.6 Å². The van der Waals surface area contributed by atoms with Gasteiger partial charge in [-0.1, -0.05) is 32.4 Å². The minimum Gasteiger partial charge on any atom is -0.466 e. The summed E-state index contributed by atoms with van der Waals surface area (Å²) in [5.41, 5.74) is 1.99. The molecular weight excluding hydrogens is 360 g/mol. The molecule has 0 aromatic carbocycles. The molecule has 0 aromatic heterocycles. The van der Waals surface area contributed by atoms with Crippen molar-refractivity contribution in [2.45, 2.75) is 98.0 Å². The molecule has 3 nitrogen and oxygen atoms in total. The van der Waals surface area contributed by atoms with E-state index in [1.54, 1.807) is 5.57 Å². The Kier molecular flexibility index (Phi) is 5.92. The van der Waals surface area contributed by atoms with Gasteiger partial charge < -0.3 is 9.84 Å². The molecule has 0 saturated heterocycles. The number of aliphatic hydroxyl groups is 1. The predicted octanol–water partition coefficient (Wildman–Crippen LogP) is 5.91. The quantitative estimate of drug-likeness (QED) is 0.459. The Labute approximate surface area is 177 Å². The molecule has 0 aliphatic heterocycles. The number of ether oxygens (including phenoxy) is 1. The molecule has 0 amide bonds. The lowest BCUT2D eigenvalue weighted by atomic mass is 9.46. The fraction of sp³-hybridized carbons (Fsp3) is 0.885. The van der Waals surface area contributed by atoms with Crippen molar-refractivity contribution in [1.82, 2.24) is 0 Å². The predicted molar refractivity (Wildman–Crippen MR) is 116 cm³/mol. The second-order valence-electron chi connectivity index (χ2n) is 11.1. The van der Waals surface area contributed by atoms with Gasteiger partial charge in [-0.2, -0.15) is 0 Å². The lowest BCUT2D eigenvalue weighted by molar-refractivity contribution is -0.143. The maximum atomic E-state index is 11.9. The van der Waals surface area contributed by atoms with Gasteiger partial charge in [-0.25, -0.2) is 0 Å². The third kappa shape index (κ3) is 3.40. The van der Waals surface area contributed by atoms with E-state index in [0.29, 0.717) is 30.3 Å². The zero-order valence-electron chi connectivity index (χ0n) is 19.1. The molecule has 0 spiro atoms. The van der Waals surface area contributed by atoms with E-state index in [9.17, 15) is 9.90 Å². The molecule has 29 heavy (non-hydrogen) atoms. The van der Waals surface area contributed by atoms with E-state index in [1.807, 2.05) is 6.92 Å². The average Bonchev–Trinajstić information content (AvgIpc) is 3.05. The molecule has 4 rings (SSSR count). The number of hydrogen-bond acceptors (Lipinski definition) is 3. The highest BCUT2D eigenvalue weighted by Gasteiger charge is 2.60. The highest BCUT2D eigenvalue weighted by atomic mass is 16.5. The number of fused-ring (bicyclic) bond motifs is 5. The summed E-state index contributed by atoms with van der Waals surface area (Å²) in [5, 5.41) is 11.0. The van der Waals surface area contributed by atoms with Crippen LogP contribution < -0.4 is 0 Å². The topological polar surface area (TPSA) is 46.5 Å². The van der Waals surface area contributed by atoms with Crippen molar-refractivity contribution in [1.29, 1.82) is 0 Å². The van der Waals surface area contributed by atoms with Crippen LogP contribution in [0.4, 0.5) is 0 Å². The summed E-state index contributed by atoms with van der Waals surface area (Å²) in [5.74, 6) is 3.43. The zero-order chi connectivity index (χ0) is 20.8. The van der Waals surface area contributed by atoms with Gasteiger partial charge in [0.05, 0.1) is 12.7 Å². The molecule has 8 atom stereocenters. The molecule has 0 aromatic rings. The molecule has 0 heterocycles. The van der Waals surface area contributed by atoms with E-state index in [0.717, 1.165) is 37.0 Å². The van der Waals surface area contributed by atoms with Gasteiger partial charge in [0.2, 0.25) is 0 Å². The zero-order valence-corrected chi connectivity index (χ0v) is 19.1. The molecule has 0 radical (unpaired) electrons. The Bertz CT molecular complexity index is 654. The SMILES string of the molecule is CCOC(=O)CC[C@@H](C)[C@H]1CC[C@H]2[C@H]3CC=C4CCC[C@@H](O)[C@]4(C)[C@@H]3CC[C@]12C. The molecule has 0 bridgehead atoms. The molecule has 4 aliphatic rings. The van der Waals surface area contributed by atoms with Crippen LogP contribution in [0.5, 0.6) is 0 Å². The van der Waals surface area contributed by atoms with Crippen LogP contribution in [0.1, 0.15) is 91.9 Å². The summed E-state index contributed by atoms with van der Waals surface area (Å²) in [4.78, 5) is 11.9. The monoisotopic (exact) mass is 402 g/mol. The summed E-state index contributed by atoms with van der Waals surface area (Å²) < 4.78 is 5.16. The first-order valence-corrected chi connectivity index (χ1v) is 12.4. The lowest BCUT2D eigenvalue weighted by Crippen LogP contribution is -2.54. The fourth-order valence-corrected chi connectivity index (χ4v) is 8.47. The Morgan fingerprint density at radius 1 is 1.24 bits per heavy atom.